The number of methoxy groups -OCH3 is 2. The van der Waals surface area contributed by atoms with E-state index in [-0.39, 0.29) is 6.29 Å². The summed E-state index contributed by atoms with van der Waals surface area (Å²) in [5.74, 6) is 0. The molecule has 0 aromatic heterocycles. The van der Waals surface area contributed by atoms with Gasteiger partial charge in [-0.25, -0.2) is 0 Å². The quantitative estimate of drug-likeness (QED) is 0.798. The summed E-state index contributed by atoms with van der Waals surface area (Å²) in [6.45, 7) is 1.45. The summed E-state index contributed by atoms with van der Waals surface area (Å²) in [5.41, 5.74) is 1.21. The van der Waals surface area contributed by atoms with Crippen molar-refractivity contribution in [3.8, 4) is 0 Å². The molecule has 0 spiro atoms. The van der Waals surface area contributed by atoms with Gasteiger partial charge in [0.2, 0.25) is 0 Å². The summed E-state index contributed by atoms with van der Waals surface area (Å²) in [4.78, 5) is 0. The highest BCUT2D eigenvalue weighted by Gasteiger charge is 2.04. The SMILES string of the molecule is COC(CNCc1ccc(Br)c(Br)c1)OC. The van der Waals surface area contributed by atoms with Gasteiger partial charge in [-0.15, -0.1) is 0 Å². The molecule has 1 aromatic carbocycles. The molecule has 0 aliphatic carbocycles. The Morgan fingerprint density at radius 3 is 2.44 bits per heavy atom. The zero-order valence-corrected chi connectivity index (χ0v) is 12.5. The molecule has 0 heterocycles. The van der Waals surface area contributed by atoms with Gasteiger partial charge in [-0.1, -0.05) is 6.07 Å². The molecule has 5 heteroatoms. The highest BCUT2D eigenvalue weighted by Crippen LogP contribution is 2.23. The van der Waals surface area contributed by atoms with E-state index in [4.69, 9.17) is 9.47 Å². The number of nitrogens with one attached hydrogen (secondary N) is 1. The van der Waals surface area contributed by atoms with Crippen molar-refractivity contribution in [3.05, 3.63) is 32.7 Å². The second kappa shape index (κ2) is 7.40. The Kier molecular flexibility index (Phi) is 6.53. The van der Waals surface area contributed by atoms with Crippen LogP contribution < -0.4 is 5.32 Å². The molecule has 0 unspecified atom stereocenters. The number of benzene rings is 1. The normalized spacial score (nSPS) is 11.1. The lowest BCUT2D eigenvalue weighted by atomic mass is 10.2. The lowest BCUT2D eigenvalue weighted by Crippen LogP contribution is -2.29. The van der Waals surface area contributed by atoms with E-state index in [0.29, 0.717) is 6.54 Å². The van der Waals surface area contributed by atoms with E-state index < -0.39 is 0 Å². The van der Waals surface area contributed by atoms with Crippen LogP contribution in [0.25, 0.3) is 0 Å². The van der Waals surface area contributed by atoms with Gasteiger partial charge in [0.25, 0.3) is 0 Å². The Morgan fingerprint density at radius 2 is 1.88 bits per heavy atom. The largest absolute Gasteiger partial charge is 0.355 e. The van der Waals surface area contributed by atoms with Crippen molar-refractivity contribution in [2.75, 3.05) is 20.8 Å². The molecule has 0 fully saturated rings. The van der Waals surface area contributed by atoms with Crippen molar-refractivity contribution in [2.45, 2.75) is 12.8 Å². The molecular weight excluding hydrogens is 338 g/mol. The first kappa shape index (κ1) is 14.1. The smallest absolute Gasteiger partial charge is 0.169 e. The summed E-state index contributed by atoms with van der Waals surface area (Å²) in [6, 6.07) is 6.16. The molecule has 0 atom stereocenters. The van der Waals surface area contributed by atoms with Gasteiger partial charge in [-0.05, 0) is 49.6 Å². The van der Waals surface area contributed by atoms with Crippen molar-refractivity contribution < 1.29 is 9.47 Å². The number of ether oxygens (including phenoxy) is 2. The fourth-order valence-electron chi connectivity index (χ4n) is 1.25. The molecule has 0 saturated heterocycles. The molecule has 0 radical (unpaired) electrons. The van der Waals surface area contributed by atoms with E-state index in [0.717, 1.165) is 15.5 Å². The molecule has 0 bridgehead atoms. The molecule has 1 N–H and O–H groups in total. The first-order chi connectivity index (χ1) is 7.67. The zero-order chi connectivity index (χ0) is 12.0. The topological polar surface area (TPSA) is 30.5 Å². The maximum absolute atomic E-state index is 5.08. The summed E-state index contributed by atoms with van der Waals surface area (Å²) < 4.78 is 12.3. The summed E-state index contributed by atoms with van der Waals surface area (Å²) in [5, 5.41) is 3.26. The second-order valence-corrected chi connectivity index (χ2v) is 4.99. The van der Waals surface area contributed by atoms with Crippen LogP contribution in [0.2, 0.25) is 0 Å². The maximum Gasteiger partial charge on any atom is 0.169 e. The van der Waals surface area contributed by atoms with Gasteiger partial charge in [-0.2, -0.15) is 0 Å². The third kappa shape index (κ3) is 4.51. The van der Waals surface area contributed by atoms with Crippen LogP contribution in [-0.2, 0) is 16.0 Å². The highest BCUT2D eigenvalue weighted by atomic mass is 79.9. The third-order valence-corrected chi connectivity index (χ3v) is 4.03. The van der Waals surface area contributed by atoms with E-state index in [2.05, 4.69) is 49.3 Å². The predicted molar refractivity (Wildman–Crippen MR) is 71.4 cm³/mol. The molecule has 0 saturated carbocycles. The van der Waals surface area contributed by atoms with Gasteiger partial charge in [0.05, 0.1) is 0 Å². The Morgan fingerprint density at radius 1 is 1.19 bits per heavy atom. The fourth-order valence-corrected chi connectivity index (χ4v) is 1.92. The molecule has 16 heavy (non-hydrogen) atoms. The molecule has 1 aromatic rings. The summed E-state index contributed by atoms with van der Waals surface area (Å²) in [6.07, 6.45) is -0.195. The van der Waals surface area contributed by atoms with Crippen LogP contribution in [0.15, 0.2) is 27.1 Å². The van der Waals surface area contributed by atoms with Crippen LogP contribution in [-0.4, -0.2) is 27.1 Å². The van der Waals surface area contributed by atoms with Gasteiger partial charge in [0, 0.05) is 36.3 Å². The van der Waals surface area contributed by atoms with E-state index in [1.807, 2.05) is 6.07 Å². The van der Waals surface area contributed by atoms with Crippen molar-refractivity contribution in [3.63, 3.8) is 0 Å². The van der Waals surface area contributed by atoms with E-state index in [9.17, 15) is 0 Å². The fraction of sp³-hybridized carbons (Fsp3) is 0.455. The monoisotopic (exact) mass is 351 g/mol. The molecule has 0 aliphatic rings. The number of hydrogen-bond acceptors (Lipinski definition) is 3. The van der Waals surface area contributed by atoms with E-state index in [1.54, 1.807) is 14.2 Å². The minimum atomic E-state index is -0.195. The molecule has 90 valence electrons. The number of rotatable bonds is 6. The van der Waals surface area contributed by atoms with Gasteiger partial charge in [0.15, 0.2) is 6.29 Å². The molecule has 0 amide bonds. The number of halogens is 2. The minimum absolute atomic E-state index is 0.195. The maximum atomic E-state index is 5.08. The lowest BCUT2D eigenvalue weighted by Gasteiger charge is -2.14. The van der Waals surface area contributed by atoms with Gasteiger partial charge < -0.3 is 14.8 Å². The van der Waals surface area contributed by atoms with E-state index in [1.165, 1.54) is 5.56 Å². The van der Waals surface area contributed by atoms with E-state index >= 15 is 0 Å². The van der Waals surface area contributed by atoms with Crippen LogP contribution in [0, 0.1) is 0 Å². The molecular formula is C11H15Br2NO2. The van der Waals surface area contributed by atoms with Crippen LogP contribution in [0.1, 0.15) is 5.56 Å². The van der Waals surface area contributed by atoms with Crippen molar-refractivity contribution in [2.24, 2.45) is 0 Å². The molecule has 1 rings (SSSR count). The molecule has 3 nitrogen and oxygen atoms in total. The average molecular weight is 353 g/mol. The summed E-state index contributed by atoms with van der Waals surface area (Å²) >= 11 is 6.91. The first-order valence-corrected chi connectivity index (χ1v) is 6.46. The first-order valence-electron chi connectivity index (χ1n) is 4.87. The predicted octanol–water partition coefficient (Wildman–Crippen LogP) is 2.92. The van der Waals surface area contributed by atoms with Gasteiger partial charge >= 0.3 is 0 Å². The Balaban J connectivity index is 2.40. The van der Waals surface area contributed by atoms with Crippen LogP contribution in [0.4, 0.5) is 0 Å². The Bertz CT molecular complexity index is 330. The lowest BCUT2D eigenvalue weighted by molar-refractivity contribution is -0.0989. The van der Waals surface area contributed by atoms with Crippen LogP contribution in [0.3, 0.4) is 0 Å². The third-order valence-electron chi connectivity index (χ3n) is 2.15. The van der Waals surface area contributed by atoms with Gasteiger partial charge in [-0.3, -0.25) is 0 Å². The highest BCUT2D eigenvalue weighted by molar-refractivity contribution is 9.13. The zero-order valence-electron chi connectivity index (χ0n) is 9.30. The minimum Gasteiger partial charge on any atom is -0.355 e. The standard InChI is InChI=1S/C11H15Br2NO2/c1-15-11(16-2)7-14-6-8-3-4-9(12)10(13)5-8/h3-5,11,14H,6-7H2,1-2H3. The van der Waals surface area contributed by atoms with Crippen LogP contribution in [0.5, 0.6) is 0 Å². The van der Waals surface area contributed by atoms with Crippen LogP contribution >= 0.6 is 31.9 Å². The Hall–Kier alpha value is 0.0600. The second-order valence-electron chi connectivity index (χ2n) is 3.28. The van der Waals surface area contributed by atoms with Gasteiger partial charge in [0.1, 0.15) is 0 Å². The Labute approximate surface area is 113 Å². The average Bonchev–Trinajstić information content (AvgIpc) is 2.29. The summed E-state index contributed by atoms with van der Waals surface area (Å²) in [7, 11) is 3.26. The van der Waals surface area contributed by atoms with Crippen molar-refractivity contribution >= 4 is 31.9 Å². The van der Waals surface area contributed by atoms with Crippen molar-refractivity contribution in [1.29, 1.82) is 0 Å². The van der Waals surface area contributed by atoms with Crippen molar-refractivity contribution in [1.82, 2.24) is 5.32 Å². The molecule has 0 aliphatic heterocycles. The number of hydrogen-bond donors (Lipinski definition) is 1.